The second-order valence-electron chi connectivity index (χ2n) is 4.62. The number of hydrogen-bond acceptors (Lipinski definition) is 4. The van der Waals surface area contributed by atoms with Crippen LogP contribution in [0.3, 0.4) is 0 Å². The minimum Gasteiger partial charge on any atom is -0.296 e. The minimum atomic E-state index is -4.55. The van der Waals surface area contributed by atoms with Crippen LogP contribution >= 0.6 is 0 Å². The van der Waals surface area contributed by atoms with Crippen LogP contribution in [0.25, 0.3) is 0 Å². The lowest BCUT2D eigenvalue weighted by Crippen LogP contribution is -2.26. The Bertz CT molecular complexity index is 588. The smallest absolute Gasteiger partial charge is 0.296 e. The number of hydrogen-bond donors (Lipinski definition) is 0. The first-order chi connectivity index (χ1) is 8.89. The number of rotatable bonds is 4. The lowest BCUT2D eigenvalue weighted by molar-refractivity contribution is -0.117. The van der Waals surface area contributed by atoms with Crippen molar-refractivity contribution in [3.05, 3.63) is 23.9 Å². The fraction of sp³-hybridized carbons (Fsp3) is 0.500. The standard InChI is InChI=1S/C12H15FN2O3S/c1-2-10-4-3-5-11(14-10)15-7-9(6-12(15)16)8-19(13,17)18/h3-5,9H,2,6-8H2,1H3. The second-order valence-corrected chi connectivity index (χ2v) is 6.03. The molecule has 1 aliphatic rings. The van der Waals surface area contributed by atoms with E-state index in [9.17, 15) is 17.1 Å². The maximum absolute atomic E-state index is 12.6. The van der Waals surface area contributed by atoms with E-state index < -0.39 is 21.9 Å². The van der Waals surface area contributed by atoms with Crippen molar-refractivity contribution in [2.45, 2.75) is 19.8 Å². The number of nitrogens with zero attached hydrogens (tertiary/aromatic N) is 2. The monoisotopic (exact) mass is 286 g/mol. The third-order valence-electron chi connectivity index (χ3n) is 3.07. The predicted octanol–water partition coefficient (Wildman–Crippen LogP) is 1.30. The largest absolute Gasteiger partial charge is 0.302 e. The van der Waals surface area contributed by atoms with Gasteiger partial charge in [0, 0.05) is 24.6 Å². The van der Waals surface area contributed by atoms with Crippen LogP contribution in [0.4, 0.5) is 9.70 Å². The van der Waals surface area contributed by atoms with Gasteiger partial charge in [-0.15, -0.1) is 3.89 Å². The molecule has 0 bridgehead atoms. The fourth-order valence-corrected chi connectivity index (χ4v) is 3.00. The summed E-state index contributed by atoms with van der Waals surface area (Å²) in [6.07, 6.45) is 0.791. The average molecular weight is 286 g/mol. The Morgan fingerprint density at radius 1 is 1.47 bits per heavy atom. The highest BCUT2D eigenvalue weighted by atomic mass is 32.3. The van der Waals surface area contributed by atoms with Gasteiger partial charge in [-0.1, -0.05) is 13.0 Å². The van der Waals surface area contributed by atoms with Crippen LogP contribution in [0.5, 0.6) is 0 Å². The van der Waals surface area contributed by atoms with E-state index in [-0.39, 0.29) is 18.9 Å². The Labute approximate surface area is 111 Å². The zero-order valence-electron chi connectivity index (χ0n) is 10.5. The fourth-order valence-electron chi connectivity index (χ4n) is 2.21. The predicted molar refractivity (Wildman–Crippen MR) is 69.0 cm³/mol. The van der Waals surface area contributed by atoms with E-state index in [0.29, 0.717) is 5.82 Å². The summed E-state index contributed by atoms with van der Waals surface area (Å²) in [5.74, 6) is -0.824. The molecule has 104 valence electrons. The van der Waals surface area contributed by atoms with E-state index in [1.165, 1.54) is 4.90 Å². The molecule has 0 radical (unpaired) electrons. The Morgan fingerprint density at radius 2 is 2.21 bits per heavy atom. The molecule has 0 saturated carbocycles. The third-order valence-corrected chi connectivity index (χ3v) is 3.94. The molecule has 7 heteroatoms. The molecular weight excluding hydrogens is 271 g/mol. The van der Waals surface area contributed by atoms with Crippen LogP contribution in [0, 0.1) is 5.92 Å². The molecule has 1 aliphatic heterocycles. The minimum absolute atomic E-state index is 0.0428. The summed E-state index contributed by atoms with van der Waals surface area (Å²) < 4.78 is 33.9. The van der Waals surface area contributed by atoms with Crippen LogP contribution in [-0.2, 0) is 21.4 Å². The molecule has 1 saturated heterocycles. The molecule has 2 heterocycles. The van der Waals surface area contributed by atoms with Crippen molar-refractivity contribution in [1.29, 1.82) is 0 Å². The van der Waals surface area contributed by atoms with Gasteiger partial charge in [-0.25, -0.2) is 4.98 Å². The maximum Gasteiger partial charge on any atom is 0.302 e. The van der Waals surface area contributed by atoms with E-state index in [4.69, 9.17) is 0 Å². The summed E-state index contributed by atoms with van der Waals surface area (Å²) in [4.78, 5) is 17.6. The summed E-state index contributed by atoms with van der Waals surface area (Å²) in [7, 11) is -4.55. The highest BCUT2D eigenvalue weighted by Crippen LogP contribution is 2.25. The topological polar surface area (TPSA) is 67.3 Å². The molecule has 0 spiro atoms. The van der Waals surface area contributed by atoms with Gasteiger partial charge in [0.1, 0.15) is 5.82 Å². The molecule has 5 nitrogen and oxygen atoms in total. The van der Waals surface area contributed by atoms with Gasteiger partial charge in [-0.05, 0) is 18.6 Å². The van der Waals surface area contributed by atoms with Crippen LogP contribution in [0.2, 0.25) is 0 Å². The number of halogens is 1. The average Bonchev–Trinajstić information content (AvgIpc) is 2.68. The third kappa shape index (κ3) is 3.50. The summed E-state index contributed by atoms with van der Waals surface area (Å²) >= 11 is 0. The molecule has 0 aliphatic carbocycles. The highest BCUT2D eigenvalue weighted by molar-refractivity contribution is 7.86. The molecule has 1 aromatic rings. The molecule has 1 unspecified atom stereocenters. The lowest BCUT2D eigenvalue weighted by atomic mass is 10.1. The van der Waals surface area contributed by atoms with Crippen molar-refractivity contribution >= 4 is 21.9 Å². The van der Waals surface area contributed by atoms with Gasteiger partial charge in [-0.3, -0.25) is 9.69 Å². The van der Waals surface area contributed by atoms with Gasteiger partial charge in [-0.2, -0.15) is 8.42 Å². The molecule has 0 aromatic carbocycles. The summed E-state index contributed by atoms with van der Waals surface area (Å²) in [5.41, 5.74) is 0.854. The van der Waals surface area contributed by atoms with Gasteiger partial charge in [0.05, 0.1) is 5.75 Å². The molecule has 1 fully saturated rings. The molecular formula is C12H15FN2O3S. The van der Waals surface area contributed by atoms with Crippen molar-refractivity contribution < 1.29 is 17.1 Å². The number of aromatic nitrogens is 1. The number of carbonyl (C=O) groups excluding carboxylic acids is 1. The second kappa shape index (κ2) is 5.24. The zero-order chi connectivity index (χ0) is 14.0. The van der Waals surface area contributed by atoms with Gasteiger partial charge in [0.2, 0.25) is 5.91 Å². The van der Waals surface area contributed by atoms with Crippen LogP contribution in [0.1, 0.15) is 19.0 Å². The number of anilines is 1. The van der Waals surface area contributed by atoms with Crippen LogP contribution in [0.15, 0.2) is 18.2 Å². The molecule has 19 heavy (non-hydrogen) atoms. The van der Waals surface area contributed by atoms with Crippen molar-refractivity contribution in [3.8, 4) is 0 Å². The molecule has 0 N–H and O–H groups in total. The van der Waals surface area contributed by atoms with E-state index in [1.54, 1.807) is 12.1 Å². The first-order valence-corrected chi connectivity index (χ1v) is 7.63. The summed E-state index contributed by atoms with van der Waals surface area (Å²) in [6, 6.07) is 5.35. The number of amides is 1. The molecule has 1 aromatic heterocycles. The quantitative estimate of drug-likeness (QED) is 0.782. The number of pyridine rings is 1. The number of aryl methyl sites for hydroxylation is 1. The van der Waals surface area contributed by atoms with Gasteiger partial charge in [0.25, 0.3) is 0 Å². The van der Waals surface area contributed by atoms with Crippen molar-refractivity contribution in [2.75, 3.05) is 17.2 Å². The molecule has 1 atom stereocenters. The maximum atomic E-state index is 12.6. The van der Waals surface area contributed by atoms with Crippen molar-refractivity contribution in [2.24, 2.45) is 5.92 Å². The Kier molecular flexibility index (Phi) is 3.84. The highest BCUT2D eigenvalue weighted by Gasteiger charge is 2.34. The number of carbonyl (C=O) groups is 1. The van der Waals surface area contributed by atoms with Crippen LogP contribution in [-0.4, -0.2) is 31.6 Å². The summed E-state index contributed by atoms with van der Waals surface area (Å²) in [6.45, 7) is 2.15. The van der Waals surface area contributed by atoms with E-state index in [0.717, 1.165) is 12.1 Å². The van der Waals surface area contributed by atoms with E-state index in [1.807, 2.05) is 13.0 Å². The van der Waals surface area contributed by atoms with Gasteiger partial charge >= 0.3 is 10.2 Å². The molecule has 1 amide bonds. The Balaban J connectivity index is 2.15. The van der Waals surface area contributed by atoms with Crippen molar-refractivity contribution in [3.63, 3.8) is 0 Å². The van der Waals surface area contributed by atoms with E-state index in [2.05, 4.69) is 4.98 Å². The van der Waals surface area contributed by atoms with Crippen LogP contribution < -0.4 is 4.90 Å². The lowest BCUT2D eigenvalue weighted by Gasteiger charge is -2.15. The van der Waals surface area contributed by atoms with E-state index >= 15 is 0 Å². The van der Waals surface area contributed by atoms with Crippen molar-refractivity contribution in [1.82, 2.24) is 4.98 Å². The summed E-state index contributed by atoms with van der Waals surface area (Å²) in [5, 5.41) is 0. The van der Waals surface area contributed by atoms with Gasteiger partial charge in [0.15, 0.2) is 0 Å². The molecule has 2 rings (SSSR count). The Morgan fingerprint density at radius 3 is 2.84 bits per heavy atom. The Hall–Kier alpha value is -1.50. The SMILES string of the molecule is CCc1cccc(N2CC(CS(=O)(=O)F)CC2=O)n1. The van der Waals surface area contributed by atoms with Gasteiger partial charge < -0.3 is 0 Å². The first kappa shape index (κ1) is 13.9. The normalized spacial score (nSPS) is 20.0. The zero-order valence-corrected chi connectivity index (χ0v) is 11.4. The first-order valence-electron chi connectivity index (χ1n) is 6.07.